The molecule has 1 heterocycles. The highest BCUT2D eigenvalue weighted by molar-refractivity contribution is 5.76. The first-order valence-corrected chi connectivity index (χ1v) is 9.20. The molecule has 0 aliphatic heterocycles. The molecule has 3 rings (SSSR count). The number of para-hydroxylation sites is 2. The number of rotatable bonds is 9. The topological polar surface area (TPSA) is 62.3 Å². The maximum absolute atomic E-state index is 6.42. The first-order valence-electron chi connectivity index (χ1n) is 9.20. The normalized spacial score (nSPS) is 12.3. The second-order valence-electron chi connectivity index (χ2n) is 6.38. The fourth-order valence-corrected chi connectivity index (χ4v) is 3.09. The fraction of sp³-hybridized carbons (Fsp3) is 0.381. The van der Waals surface area contributed by atoms with Crippen LogP contribution in [0, 0.1) is 0 Å². The zero-order chi connectivity index (χ0) is 18.4. The van der Waals surface area contributed by atoms with Crippen molar-refractivity contribution in [1.82, 2.24) is 9.55 Å². The van der Waals surface area contributed by atoms with Gasteiger partial charge >= 0.3 is 0 Å². The van der Waals surface area contributed by atoms with Crippen LogP contribution in [0.4, 0.5) is 0 Å². The van der Waals surface area contributed by atoms with E-state index in [-0.39, 0.29) is 6.04 Å². The van der Waals surface area contributed by atoms with Crippen LogP contribution in [0.25, 0.3) is 11.0 Å². The van der Waals surface area contributed by atoms with Crippen molar-refractivity contribution in [1.29, 1.82) is 0 Å². The molecular formula is C21H27N3O2. The third kappa shape index (κ3) is 4.17. The lowest BCUT2D eigenvalue weighted by molar-refractivity contribution is 0.296. The molecule has 0 spiro atoms. The van der Waals surface area contributed by atoms with E-state index in [4.69, 9.17) is 20.2 Å². The first kappa shape index (κ1) is 18.3. The lowest BCUT2D eigenvalue weighted by Gasteiger charge is -2.15. The van der Waals surface area contributed by atoms with Gasteiger partial charge in [-0.25, -0.2) is 4.98 Å². The Balaban J connectivity index is 1.74. The van der Waals surface area contributed by atoms with E-state index in [9.17, 15) is 0 Å². The molecule has 0 aliphatic rings. The van der Waals surface area contributed by atoms with Crippen molar-refractivity contribution in [2.24, 2.45) is 5.73 Å². The number of hydrogen-bond donors (Lipinski definition) is 1. The van der Waals surface area contributed by atoms with Crippen molar-refractivity contribution in [3.63, 3.8) is 0 Å². The third-order valence-electron chi connectivity index (χ3n) is 4.53. The molecule has 3 aromatic rings. The number of nitrogens with two attached hydrogens (primary N) is 1. The number of benzene rings is 2. The molecule has 138 valence electrons. The van der Waals surface area contributed by atoms with Crippen LogP contribution >= 0.6 is 0 Å². The van der Waals surface area contributed by atoms with Crippen molar-refractivity contribution in [2.45, 2.75) is 38.8 Å². The second kappa shape index (κ2) is 8.72. The number of nitrogens with zero attached hydrogens (tertiary/aromatic N) is 2. The van der Waals surface area contributed by atoms with Crippen LogP contribution in [0.2, 0.25) is 0 Å². The molecule has 0 fully saturated rings. The molecule has 0 bridgehead atoms. The quantitative estimate of drug-likeness (QED) is 0.622. The van der Waals surface area contributed by atoms with Gasteiger partial charge in [-0.05, 0) is 42.8 Å². The molecule has 1 unspecified atom stereocenters. The Morgan fingerprint density at radius 1 is 1.08 bits per heavy atom. The van der Waals surface area contributed by atoms with E-state index in [1.807, 2.05) is 42.5 Å². The van der Waals surface area contributed by atoms with Gasteiger partial charge in [0, 0.05) is 0 Å². The van der Waals surface area contributed by atoms with Crippen molar-refractivity contribution >= 4 is 11.0 Å². The zero-order valence-electron chi connectivity index (χ0n) is 15.5. The van der Waals surface area contributed by atoms with Crippen LogP contribution in [0.3, 0.4) is 0 Å². The summed E-state index contributed by atoms with van der Waals surface area (Å²) < 4.78 is 13.3. The highest BCUT2D eigenvalue weighted by Crippen LogP contribution is 2.23. The van der Waals surface area contributed by atoms with Gasteiger partial charge in [-0.15, -0.1) is 0 Å². The van der Waals surface area contributed by atoms with E-state index in [2.05, 4.69) is 17.6 Å². The molecular weight excluding hydrogens is 326 g/mol. The summed E-state index contributed by atoms with van der Waals surface area (Å²) in [6.07, 6.45) is 3.18. The first-order chi connectivity index (χ1) is 12.7. The Morgan fingerprint density at radius 3 is 2.54 bits per heavy atom. The smallest absolute Gasteiger partial charge is 0.126 e. The number of methoxy groups -OCH3 is 1. The summed E-state index contributed by atoms with van der Waals surface area (Å²) in [5.74, 6) is 2.59. The van der Waals surface area contributed by atoms with Crippen LogP contribution in [-0.2, 0) is 6.54 Å². The Bertz CT molecular complexity index is 827. The number of fused-ring (bicyclic) bond motifs is 1. The second-order valence-corrected chi connectivity index (χ2v) is 6.38. The molecule has 5 nitrogen and oxygen atoms in total. The van der Waals surface area contributed by atoms with Gasteiger partial charge in [-0.2, -0.15) is 0 Å². The summed E-state index contributed by atoms with van der Waals surface area (Å²) in [7, 11) is 1.66. The van der Waals surface area contributed by atoms with Gasteiger partial charge in [0.1, 0.15) is 23.9 Å². The van der Waals surface area contributed by atoms with Gasteiger partial charge in [0.25, 0.3) is 0 Å². The Morgan fingerprint density at radius 2 is 1.81 bits per heavy atom. The molecule has 2 aromatic carbocycles. The summed E-state index contributed by atoms with van der Waals surface area (Å²) in [6.45, 7) is 3.44. The number of unbranched alkanes of at least 4 members (excludes halogenated alkanes) is 1. The molecule has 26 heavy (non-hydrogen) atoms. The number of hydrogen-bond acceptors (Lipinski definition) is 4. The number of imidazole rings is 1. The summed E-state index contributed by atoms with van der Waals surface area (Å²) in [5, 5.41) is 0. The summed E-state index contributed by atoms with van der Waals surface area (Å²) in [6, 6.07) is 15.7. The minimum absolute atomic E-state index is 0.0525. The van der Waals surface area contributed by atoms with Gasteiger partial charge in [0.15, 0.2) is 0 Å². The Kier molecular flexibility index (Phi) is 6.12. The van der Waals surface area contributed by atoms with Crippen LogP contribution < -0.4 is 15.2 Å². The van der Waals surface area contributed by atoms with E-state index in [0.29, 0.717) is 13.2 Å². The average Bonchev–Trinajstić information content (AvgIpc) is 3.05. The minimum atomic E-state index is -0.0525. The zero-order valence-corrected chi connectivity index (χ0v) is 15.5. The van der Waals surface area contributed by atoms with Crippen LogP contribution in [-0.4, -0.2) is 23.3 Å². The van der Waals surface area contributed by atoms with Crippen LogP contribution in [0.15, 0.2) is 48.5 Å². The van der Waals surface area contributed by atoms with Gasteiger partial charge in [-0.1, -0.05) is 31.9 Å². The van der Waals surface area contributed by atoms with Crippen LogP contribution in [0.5, 0.6) is 11.5 Å². The monoisotopic (exact) mass is 353 g/mol. The lowest BCUT2D eigenvalue weighted by atomic mass is 10.1. The molecule has 1 aromatic heterocycles. The standard InChI is InChI=1S/C21H27N3O2/c1-3-4-7-18(22)21-23-19-8-5-6-9-20(19)24(21)14-15-26-17-12-10-16(25-2)11-13-17/h5-6,8-13,18H,3-4,7,14-15,22H2,1-2H3. The summed E-state index contributed by atoms with van der Waals surface area (Å²) >= 11 is 0. The molecule has 2 N–H and O–H groups in total. The summed E-state index contributed by atoms with van der Waals surface area (Å²) in [4.78, 5) is 4.78. The van der Waals surface area contributed by atoms with Gasteiger partial charge < -0.3 is 19.8 Å². The van der Waals surface area contributed by atoms with Gasteiger partial charge in [0.05, 0.1) is 30.7 Å². The number of aromatic nitrogens is 2. The minimum Gasteiger partial charge on any atom is -0.497 e. The van der Waals surface area contributed by atoms with Gasteiger partial charge in [-0.3, -0.25) is 0 Å². The van der Waals surface area contributed by atoms with Crippen molar-refractivity contribution < 1.29 is 9.47 Å². The van der Waals surface area contributed by atoms with E-state index < -0.39 is 0 Å². The molecule has 0 aliphatic carbocycles. The van der Waals surface area contributed by atoms with E-state index in [1.165, 1.54) is 0 Å². The van der Waals surface area contributed by atoms with E-state index in [0.717, 1.165) is 47.6 Å². The van der Waals surface area contributed by atoms with Gasteiger partial charge in [0.2, 0.25) is 0 Å². The molecule has 0 radical (unpaired) electrons. The van der Waals surface area contributed by atoms with Crippen LogP contribution in [0.1, 0.15) is 38.1 Å². The van der Waals surface area contributed by atoms with Crippen molar-refractivity contribution in [3.05, 3.63) is 54.4 Å². The van der Waals surface area contributed by atoms with E-state index >= 15 is 0 Å². The van der Waals surface area contributed by atoms with E-state index in [1.54, 1.807) is 7.11 Å². The highest BCUT2D eigenvalue weighted by atomic mass is 16.5. The summed E-state index contributed by atoms with van der Waals surface area (Å²) in [5.41, 5.74) is 8.51. The van der Waals surface area contributed by atoms with Crippen molar-refractivity contribution in [2.75, 3.05) is 13.7 Å². The SMILES string of the molecule is CCCCC(N)c1nc2ccccc2n1CCOc1ccc(OC)cc1. The molecule has 1 atom stereocenters. The third-order valence-corrected chi connectivity index (χ3v) is 4.53. The largest absolute Gasteiger partial charge is 0.497 e. The molecule has 0 saturated carbocycles. The molecule has 5 heteroatoms. The highest BCUT2D eigenvalue weighted by Gasteiger charge is 2.16. The number of ether oxygens (including phenoxy) is 2. The lowest BCUT2D eigenvalue weighted by Crippen LogP contribution is -2.19. The maximum Gasteiger partial charge on any atom is 0.126 e. The predicted molar refractivity (Wildman–Crippen MR) is 105 cm³/mol. The molecule has 0 saturated heterocycles. The fourth-order valence-electron chi connectivity index (χ4n) is 3.09. The van der Waals surface area contributed by atoms with Crippen molar-refractivity contribution in [3.8, 4) is 11.5 Å². The average molecular weight is 353 g/mol. The Labute approximate surface area is 154 Å². The predicted octanol–water partition coefficient (Wildman–Crippen LogP) is 4.31. The maximum atomic E-state index is 6.42. The Hall–Kier alpha value is -2.53. The molecule has 0 amide bonds.